The quantitative estimate of drug-likeness (QED) is 0.643. The second kappa shape index (κ2) is 9.55. The number of thiazole rings is 1. The van der Waals surface area contributed by atoms with Crippen LogP contribution in [0.1, 0.15) is 41.9 Å². The van der Waals surface area contributed by atoms with Crippen molar-refractivity contribution in [1.29, 1.82) is 0 Å². The number of likely N-dealkylation sites (tertiary alicyclic amines) is 2. The van der Waals surface area contributed by atoms with Gasteiger partial charge >= 0.3 is 0 Å². The van der Waals surface area contributed by atoms with Crippen LogP contribution in [0.25, 0.3) is 6.08 Å². The highest BCUT2D eigenvalue weighted by Crippen LogP contribution is 2.23. The van der Waals surface area contributed by atoms with E-state index < -0.39 is 0 Å². The van der Waals surface area contributed by atoms with E-state index in [0.29, 0.717) is 12.6 Å². The molecule has 0 radical (unpaired) electrons. The van der Waals surface area contributed by atoms with Crippen molar-refractivity contribution in [3.8, 4) is 5.75 Å². The molecule has 2 aliphatic rings. The molecule has 0 aliphatic carbocycles. The molecule has 5 nitrogen and oxygen atoms in total. The molecule has 1 unspecified atom stereocenters. The highest BCUT2D eigenvalue weighted by atomic mass is 32.1. The van der Waals surface area contributed by atoms with Gasteiger partial charge in [-0.1, -0.05) is 18.2 Å². The van der Waals surface area contributed by atoms with Gasteiger partial charge in [-0.05, 0) is 57.8 Å². The summed E-state index contributed by atoms with van der Waals surface area (Å²) in [4.78, 5) is 21.9. The fraction of sp³-hybridized carbons (Fsp3) is 0.478. The van der Waals surface area contributed by atoms with E-state index in [-0.39, 0.29) is 5.91 Å². The van der Waals surface area contributed by atoms with Crippen LogP contribution in [0, 0.1) is 6.92 Å². The summed E-state index contributed by atoms with van der Waals surface area (Å²) in [5.74, 6) is 0.883. The highest BCUT2D eigenvalue weighted by molar-refractivity contribution is 7.09. The third-order valence-corrected chi connectivity index (χ3v) is 6.52. The molecule has 2 fully saturated rings. The Morgan fingerprint density at radius 3 is 2.86 bits per heavy atom. The molecule has 1 aromatic heterocycles. The number of carbonyl (C=O) groups is 1. The Kier molecular flexibility index (Phi) is 6.62. The van der Waals surface area contributed by atoms with Crippen molar-refractivity contribution in [2.24, 2.45) is 0 Å². The first kappa shape index (κ1) is 20.1. The van der Waals surface area contributed by atoms with Gasteiger partial charge in [-0.2, -0.15) is 0 Å². The first-order valence-corrected chi connectivity index (χ1v) is 11.4. The monoisotopic (exact) mass is 411 g/mol. The number of amides is 1. The lowest BCUT2D eigenvalue weighted by molar-refractivity contribution is -0.127. The summed E-state index contributed by atoms with van der Waals surface area (Å²) in [7, 11) is 0. The Balaban J connectivity index is 1.38. The van der Waals surface area contributed by atoms with E-state index in [1.807, 2.05) is 42.6 Å². The molecule has 1 atom stereocenters. The van der Waals surface area contributed by atoms with E-state index in [1.165, 1.54) is 25.9 Å². The topological polar surface area (TPSA) is 45.7 Å². The number of hydrogen-bond acceptors (Lipinski definition) is 5. The van der Waals surface area contributed by atoms with Crippen LogP contribution in [-0.2, 0) is 11.4 Å². The zero-order chi connectivity index (χ0) is 20.1. The number of hydrogen-bond donors (Lipinski definition) is 0. The van der Waals surface area contributed by atoms with Crippen LogP contribution in [0.5, 0.6) is 5.75 Å². The third kappa shape index (κ3) is 5.25. The first-order valence-electron chi connectivity index (χ1n) is 10.5. The number of benzene rings is 1. The van der Waals surface area contributed by atoms with Crippen LogP contribution in [0.2, 0.25) is 0 Å². The summed E-state index contributed by atoms with van der Waals surface area (Å²) in [6.45, 7) is 6.67. The van der Waals surface area contributed by atoms with Crippen molar-refractivity contribution in [1.82, 2.24) is 14.8 Å². The second-order valence-electron chi connectivity index (χ2n) is 7.85. The van der Waals surface area contributed by atoms with Crippen LogP contribution in [0.4, 0.5) is 0 Å². The predicted octanol–water partition coefficient (Wildman–Crippen LogP) is 4.13. The Morgan fingerprint density at radius 1 is 1.24 bits per heavy atom. The maximum atomic E-state index is 12.9. The molecule has 2 aromatic rings. The van der Waals surface area contributed by atoms with E-state index in [1.54, 1.807) is 17.4 Å². The van der Waals surface area contributed by atoms with Gasteiger partial charge in [-0.3, -0.25) is 4.79 Å². The average molecular weight is 412 g/mol. The fourth-order valence-corrected chi connectivity index (χ4v) is 4.81. The van der Waals surface area contributed by atoms with Gasteiger partial charge in [0, 0.05) is 36.2 Å². The molecule has 0 bridgehead atoms. The summed E-state index contributed by atoms with van der Waals surface area (Å²) >= 11 is 1.62. The molecule has 1 amide bonds. The van der Waals surface area contributed by atoms with Crippen LogP contribution < -0.4 is 4.74 Å². The number of aryl methyl sites for hydroxylation is 1. The van der Waals surface area contributed by atoms with Crippen molar-refractivity contribution in [3.63, 3.8) is 0 Å². The first-order chi connectivity index (χ1) is 14.2. The fourth-order valence-electron chi connectivity index (χ4n) is 4.21. The van der Waals surface area contributed by atoms with Gasteiger partial charge in [0.05, 0.1) is 10.7 Å². The van der Waals surface area contributed by atoms with Crippen LogP contribution in [0.3, 0.4) is 0 Å². The molecule has 3 heterocycles. The normalized spacial score (nSPS) is 20.0. The molecule has 29 heavy (non-hydrogen) atoms. The summed E-state index contributed by atoms with van der Waals surface area (Å²) < 4.78 is 5.97. The minimum absolute atomic E-state index is 0.108. The number of nitrogens with zero attached hydrogens (tertiary/aromatic N) is 3. The van der Waals surface area contributed by atoms with E-state index in [2.05, 4.69) is 14.8 Å². The maximum absolute atomic E-state index is 12.9. The summed E-state index contributed by atoms with van der Waals surface area (Å²) in [5.41, 5.74) is 1.85. The lowest BCUT2D eigenvalue weighted by atomic mass is 10.1. The number of ether oxygens (including phenoxy) is 1. The summed E-state index contributed by atoms with van der Waals surface area (Å²) in [6, 6.07) is 8.19. The highest BCUT2D eigenvalue weighted by Gasteiger charge is 2.29. The van der Waals surface area contributed by atoms with E-state index in [0.717, 1.165) is 47.9 Å². The Hall–Kier alpha value is -2.18. The number of aromatic nitrogens is 1. The Labute approximate surface area is 177 Å². The summed E-state index contributed by atoms with van der Waals surface area (Å²) in [6.07, 6.45) is 8.38. The van der Waals surface area contributed by atoms with Gasteiger partial charge in [-0.25, -0.2) is 4.98 Å². The van der Waals surface area contributed by atoms with Gasteiger partial charge in [0.1, 0.15) is 12.4 Å². The molecule has 0 spiro atoms. The molecule has 2 aliphatic heterocycles. The number of para-hydroxylation sites is 1. The van der Waals surface area contributed by atoms with Crippen molar-refractivity contribution in [2.45, 2.75) is 45.3 Å². The minimum atomic E-state index is 0.108. The van der Waals surface area contributed by atoms with Gasteiger partial charge in [-0.15, -0.1) is 11.3 Å². The summed E-state index contributed by atoms with van der Waals surface area (Å²) in [5, 5.41) is 3.06. The number of rotatable bonds is 7. The van der Waals surface area contributed by atoms with E-state index in [9.17, 15) is 4.79 Å². The zero-order valence-corrected chi connectivity index (χ0v) is 17.9. The average Bonchev–Trinajstić information content (AvgIpc) is 3.48. The van der Waals surface area contributed by atoms with Gasteiger partial charge < -0.3 is 14.5 Å². The zero-order valence-electron chi connectivity index (χ0n) is 17.0. The second-order valence-corrected chi connectivity index (χ2v) is 8.92. The van der Waals surface area contributed by atoms with Gasteiger partial charge in [0.2, 0.25) is 5.91 Å². The minimum Gasteiger partial charge on any atom is -0.487 e. The molecule has 0 N–H and O–H groups in total. The van der Waals surface area contributed by atoms with Crippen molar-refractivity contribution < 1.29 is 9.53 Å². The maximum Gasteiger partial charge on any atom is 0.246 e. The largest absolute Gasteiger partial charge is 0.487 e. The molecular formula is C23H29N3O2S. The van der Waals surface area contributed by atoms with Gasteiger partial charge in [0.15, 0.2) is 0 Å². The molecule has 2 saturated heterocycles. The van der Waals surface area contributed by atoms with Crippen LogP contribution in [-0.4, -0.2) is 52.9 Å². The van der Waals surface area contributed by atoms with Crippen molar-refractivity contribution in [2.75, 3.05) is 26.2 Å². The molecule has 154 valence electrons. The third-order valence-electron chi connectivity index (χ3n) is 5.69. The molecule has 6 heteroatoms. The van der Waals surface area contributed by atoms with Crippen LogP contribution in [0.15, 0.2) is 35.7 Å². The smallest absolute Gasteiger partial charge is 0.246 e. The molecular weight excluding hydrogens is 382 g/mol. The Morgan fingerprint density at radius 2 is 2.07 bits per heavy atom. The molecule has 1 aromatic carbocycles. The van der Waals surface area contributed by atoms with Gasteiger partial charge in [0.25, 0.3) is 0 Å². The Bertz CT molecular complexity index is 857. The standard InChI is InChI=1S/C23H29N3O2S/c1-18-24-20(17-29-18)16-28-22-9-3-2-7-19(22)10-11-23(27)26-14-6-8-21(26)15-25-12-4-5-13-25/h2-3,7,9-11,17,21H,4-6,8,12-16H2,1H3/b11-10+. The lowest BCUT2D eigenvalue weighted by Gasteiger charge is -2.27. The van der Waals surface area contributed by atoms with Crippen molar-refractivity contribution >= 4 is 23.3 Å². The lowest BCUT2D eigenvalue weighted by Crippen LogP contribution is -2.41. The predicted molar refractivity (Wildman–Crippen MR) is 117 cm³/mol. The molecule has 4 rings (SSSR count). The van der Waals surface area contributed by atoms with E-state index >= 15 is 0 Å². The van der Waals surface area contributed by atoms with Crippen molar-refractivity contribution in [3.05, 3.63) is 52.0 Å². The molecule has 0 saturated carbocycles. The number of carbonyl (C=O) groups excluding carboxylic acids is 1. The SMILES string of the molecule is Cc1nc(COc2ccccc2/C=C/C(=O)N2CCCC2CN2CCCC2)cs1. The van der Waals surface area contributed by atoms with Crippen LogP contribution >= 0.6 is 11.3 Å². The van der Waals surface area contributed by atoms with E-state index in [4.69, 9.17) is 4.74 Å².